The lowest BCUT2D eigenvalue weighted by molar-refractivity contribution is -0.134. The Bertz CT molecular complexity index is 1380. The normalized spacial score (nSPS) is 19.4. The number of rotatable bonds is 6. The summed E-state index contributed by atoms with van der Waals surface area (Å²) in [7, 11) is 0. The maximum Gasteiger partial charge on any atom is 0.388 e. The fourth-order valence-corrected chi connectivity index (χ4v) is 5.40. The van der Waals surface area contributed by atoms with Gasteiger partial charge in [-0.2, -0.15) is 8.78 Å². The third kappa shape index (κ3) is 5.12. The number of carbonyl (C=O) groups is 2. The Kier molecular flexibility index (Phi) is 7.14. The quantitative estimate of drug-likeness (QED) is 0.476. The molecular weight excluding hydrogens is 494 g/mol. The van der Waals surface area contributed by atoms with Gasteiger partial charge in [0.05, 0.1) is 18.0 Å². The van der Waals surface area contributed by atoms with Crippen LogP contribution in [0.5, 0.6) is 11.6 Å². The lowest BCUT2D eigenvalue weighted by Crippen LogP contribution is -2.37. The van der Waals surface area contributed by atoms with Gasteiger partial charge in [-0.3, -0.25) is 14.6 Å². The minimum atomic E-state index is -2.94. The Morgan fingerprint density at radius 2 is 1.84 bits per heavy atom. The summed E-state index contributed by atoms with van der Waals surface area (Å²) in [5.41, 5.74) is 3.79. The van der Waals surface area contributed by atoms with Crippen LogP contribution in [-0.4, -0.2) is 70.5 Å². The molecule has 2 aliphatic heterocycles. The van der Waals surface area contributed by atoms with Crippen LogP contribution in [0, 0.1) is 19.8 Å². The monoisotopic (exact) mass is 524 g/mol. The van der Waals surface area contributed by atoms with Gasteiger partial charge in [0.1, 0.15) is 11.9 Å². The minimum absolute atomic E-state index is 0.00643. The van der Waals surface area contributed by atoms with E-state index in [1.807, 2.05) is 30.0 Å². The van der Waals surface area contributed by atoms with Crippen molar-refractivity contribution in [2.24, 2.45) is 5.92 Å². The summed E-state index contributed by atoms with van der Waals surface area (Å²) in [6, 6.07) is 7.42. The summed E-state index contributed by atoms with van der Waals surface area (Å²) in [6.45, 7) is 4.47. The second-order valence-electron chi connectivity index (χ2n) is 9.93. The summed E-state index contributed by atoms with van der Waals surface area (Å²) >= 11 is 0. The first-order valence-electron chi connectivity index (χ1n) is 12.7. The number of nitrogens with zero attached hydrogens (tertiary/aromatic N) is 4. The highest BCUT2D eigenvalue weighted by molar-refractivity contribution is 5.98. The molecule has 38 heavy (non-hydrogen) atoms. The third-order valence-electron chi connectivity index (χ3n) is 7.39. The maximum absolute atomic E-state index is 13.0. The van der Waals surface area contributed by atoms with Gasteiger partial charge in [-0.15, -0.1) is 0 Å². The van der Waals surface area contributed by atoms with Crippen molar-refractivity contribution in [1.82, 2.24) is 19.8 Å². The van der Waals surface area contributed by atoms with Crippen LogP contribution >= 0.6 is 0 Å². The molecule has 8 nitrogen and oxygen atoms in total. The van der Waals surface area contributed by atoms with Crippen LogP contribution in [0.2, 0.25) is 0 Å². The van der Waals surface area contributed by atoms with E-state index in [9.17, 15) is 18.4 Å². The smallest absolute Gasteiger partial charge is 0.388 e. The van der Waals surface area contributed by atoms with Crippen LogP contribution in [-0.2, 0) is 9.59 Å². The van der Waals surface area contributed by atoms with Crippen LogP contribution in [0.3, 0.4) is 0 Å². The number of benzene rings is 1. The van der Waals surface area contributed by atoms with E-state index < -0.39 is 6.61 Å². The summed E-state index contributed by atoms with van der Waals surface area (Å²) in [5, 5.41) is 0.884. The van der Waals surface area contributed by atoms with Crippen molar-refractivity contribution in [3.8, 4) is 22.8 Å². The Morgan fingerprint density at radius 1 is 1.05 bits per heavy atom. The van der Waals surface area contributed by atoms with Gasteiger partial charge in [-0.05, 0) is 50.1 Å². The molecule has 5 rings (SSSR count). The first-order chi connectivity index (χ1) is 18.2. The second-order valence-corrected chi connectivity index (χ2v) is 9.93. The Morgan fingerprint density at radius 3 is 2.55 bits per heavy atom. The standard InChI is InChI=1S/C28H30F2N4O4/c1-16-12-20(13-32-26(16)38-28(29)30)22-6-9-31-23-4-5-24(17(2)25(22)23)37-21-8-11-34(15-21)27(36)19-7-10-33(14-19)18(3)35/h4-6,9,12-13,19,21,28H,7-8,10-11,14-15H2,1-3H3. The number of likely N-dealkylation sites (tertiary alicyclic amines) is 2. The number of aryl methyl sites for hydroxylation is 2. The number of aromatic nitrogens is 2. The zero-order chi connectivity index (χ0) is 27.0. The number of halogens is 2. The van der Waals surface area contributed by atoms with E-state index in [2.05, 4.69) is 14.7 Å². The molecule has 2 saturated heterocycles. The van der Waals surface area contributed by atoms with E-state index in [0.29, 0.717) is 43.9 Å². The Hall–Kier alpha value is -3.82. The molecule has 0 saturated carbocycles. The van der Waals surface area contributed by atoms with E-state index in [-0.39, 0.29) is 29.7 Å². The zero-order valence-corrected chi connectivity index (χ0v) is 21.6. The van der Waals surface area contributed by atoms with Crippen molar-refractivity contribution < 1.29 is 27.8 Å². The van der Waals surface area contributed by atoms with E-state index in [1.54, 1.807) is 24.1 Å². The summed E-state index contributed by atoms with van der Waals surface area (Å²) in [6.07, 6.45) is 4.50. The lowest BCUT2D eigenvalue weighted by Gasteiger charge is -2.22. The number of carbonyl (C=O) groups excluding carboxylic acids is 2. The van der Waals surface area contributed by atoms with Crippen LogP contribution < -0.4 is 9.47 Å². The number of pyridine rings is 2. The maximum atomic E-state index is 13.0. The van der Waals surface area contributed by atoms with Gasteiger partial charge in [0, 0.05) is 67.4 Å². The molecule has 2 aliphatic rings. The van der Waals surface area contributed by atoms with Crippen molar-refractivity contribution in [3.63, 3.8) is 0 Å². The molecule has 2 atom stereocenters. The highest BCUT2D eigenvalue weighted by atomic mass is 19.3. The number of hydrogen-bond donors (Lipinski definition) is 0. The minimum Gasteiger partial charge on any atom is -0.488 e. The number of alkyl halides is 2. The highest BCUT2D eigenvalue weighted by Gasteiger charge is 2.36. The molecule has 0 aliphatic carbocycles. The average molecular weight is 525 g/mol. The van der Waals surface area contributed by atoms with Crippen molar-refractivity contribution in [2.45, 2.75) is 46.3 Å². The number of fused-ring (bicyclic) bond motifs is 1. The van der Waals surface area contributed by atoms with E-state index in [4.69, 9.17) is 4.74 Å². The van der Waals surface area contributed by atoms with E-state index >= 15 is 0 Å². The van der Waals surface area contributed by atoms with Gasteiger partial charge in [-0.25, -0.2) is 4.98 Å². The molecule has 2 amide bonds. The second kappa shape index (κ2) is 10.5. The third-order valence-corrected chi connectivity index (χ3v) is 7.39. The number of ether oxygens (including phenoxy) is 2. The predicted octanol–water partition coefficient (Wildman–Crippen LogP) is 4.36. The van der Waals surface area contributed by atoms with Crippen molar-refractivity contribution in [2.75, 3.05) is 26.2 Å². The van der Waals surface area contributed by atoms with E-state index in [0.717, 1.165) is 34.0 Å². The van der Waals surface area contributed by atoms with Crippen LogP contribution in [0.4, 0.5) is 8.78 Å². The van der Waals surface area contributed by atoms with Crippen LogP contribution in [0.25, 0.3) is 22.0 Å². The Balaban J connectivity index is 1.34. The molecule has 10 heteroatoms. The summed E-state index contributed by atoms with van der Waals surface area (Å²) in [5.74, 6) is 0.547. The van der Waals surface area contributed by atoms with Gasteiger partial charge in [0.25, 0.3) is 0 Å². The van der Waals surface area contributed by atoms with Gasteiger partial charge in [-0.1, -0.05) is 0 Å². The summed E-state index contributed by atoms with van der Waals surface area (Å²) in [4.78, 5) is 36.8. The van der Waals surface area contributed by atoms with Crippen molar-refractivity contribution >= 4 is 22.7 Å². The van der Waals surface area contributed by atoms with E-state index in [1.165, 1.54) is 13.1 Å². The highest BCUT2D eigenvalue weighted by Crippen LogP contribution is 2.36. The van der Waals surface area contributed by atoms with Crippen molar-refractivity contribution in [1.29, 1.82) is 0 Å². The average Bonchev–Trinajstić information content (AvgIpc) is 3.56. The van der Waals surface area contributed by atoms with Gasteiger partial charge >= 0.3 is 6.61 Å². The molecule has 2 unspecified atom stereocenters. The lowest BCUT2D eigenvalue weighted by atomic mass is 9.98. The molecule has 0 radical (unpaired) electrons. The molecular formula is C28H30F2N4O4. The van der Waals surface area contributed by atoms with Crippen molar-refractivity contribution in [3.05, 3.63) is 47.8 Å². The molecule has 0 bridgehead atoms. The molecule has 4 heterocycles. The largest absolute Gasteiger partial charge is 0.488 e. The van der Waals surface area contributed by atoms with Gasteiger partial charge in [0.2, 0.25) is 17.7 Å². The van der Waals surface area contributed by atoms with Crippen LogP contribution in [0.15, 0.2) is 36.7 Å². The molecule has 0 N–H and O–H groups in total. The van der Waals surface area contributed by atoms with Crippen LogP contribution in [0.1, 0.15) is 30.9 Å². The molecule has 3 aromatic rings. The topological polar surface area (TPSA) is 84.9 Å². The zero-order valence-electron chi connectivity index (χ0n) is 21.6. The molecule has 2 fully saturated rings. The first kappa shape index (κ1) is 25.8. The van der Waals surface area contributed by atoms with Gasteiger partial charge in [0.15, 0.2) is 0 Å². The first-order valence-corrected chi connectivity index (χ1v) is 12.7. The molecule has 1 aromatic carbocycles. The SMILES string of the molecule is CC(=O)N1CCC(C(=O)N2CCC(Oc3ccc4nccc(-c5cnc(OC(F)F)c(C)c5)c4c3C)C2)C1. The Labute approximate surface area is 219 Å². The van der Waals surface area contributed by atoms with Gasteiger partial charge < -0.3 is 19.3 Å². The number of amides is 2. The molecule has 0 spiro atoms. The fourth-order valence-electron chi connectivity index (χ4n) is 5.40. The summed E-state index contributed by atoms with van der Waals surface area (Å²) < 4.78 is 36.2. The fraction of sp³-hybridized carbons (Fsp3) is 0.429. The predicted molar refractivity (Wildman–Crippen MR) is 137 cm³/mol. The molecule has 200 valence electrons. The number of hydrogen-bond acceptors (Lipinski definition) is 6. The molecule has 2 aromatic heterocycles.